The first-order chi connectivity index (χ1) is 15.8. The predicted octanol–water partition coefficient (Wildman–Crippen LogP) is 2.05. The summed E-state index contributed by atoms with van der Waals surface area (Å²) >= 11 is 1.21. The van der Waals surface area contributed by atoms with Gasteiger partial charge in [-0.25, -0.2) is 14.8 Å². The molecule has 0 N–H and O–H groups in total. The highest BCUT2D eigenvalue weighted by molar-refractivity contribution is 8.00. The summed E-state index contributed by atoms with van der Waals surface area (Å²) in [6.07, 6.45) is 1.99. The Morgan fingerprint density at radius 3 is 2.58 bits per heavy atom. The highest BCUT2D eigenvalue weighted by Gasteiger charge is 2.23. The van der Waals surface area contributed by atoms with Gasteiger partial charge in [-0.15, -0.1) is 0 Å². The number of hydrogen-bond acceptors (Lipinski definition) is 7. The molecule has 9 nitrogen and oxygen atoms in total. The molecule has 0 unspecified atom stereocenters. The van der Waals surface area contributed by atoms with Crippen LogP contribution in [0.4, 0.5) is 0 Å². The average Bonchev–Trinajstić information content (AvgIpc) is 2.84. The van der Waals surface area contributed by atoms with Crippen molar-refractivity contribution in [3.8, 4) is 17.1 Å². The lowest BCUT2D eigenvalue weighted by Crippen LogP contribution is -2.39. The van der Waals surface area contributed by atoms with Crippen LogP contribution < -0.4 is 16.0 Å². The Labute approximate surface area is 195 Å². The number of aromatic nitrogens is 4. The van der Waals surface area contributed by atoms with Gasteiger partial charge in [0.25, 0.3) is 5.56 Å². The lowest BCUT2D eigenvalue weighted by Gasteiger charge is -2.30. The third-order valence-corrected chi connectivity index (χ3v) is 7.02. The van der Waals surface area contributed by atoms with Crippen LogP contribution in [0.5, 0.6) is 5.75 Å². The van der Waals surface area contributed by atoms with E-state index in [9.17, 15) is 14.4 Å². The van der Waals surface area contributed by atoms with Crippen LogP contribution in [0.2, 0.25) is 0 Å². The molecule has 1 saturated heterocycles. The molecule has 2 aromatic heterocycles. The van der Waals surface area contributed by atoms with Crippen LogP contribution in [-0.4, -0.2) is 55.9 Å². The summed E-state index contributed by atoms with van der Waals surface area (Å²) < 4.78 is 7.68. The molecule has 0 aliphatic carbocycles. The number of amides is 1. The van der Waals surface area contributed by atoms with Gasteiger partial charge in [-0.1, -0.05) is 30.8 Å². The summed E-state index contributed by atoms with van der Waals surface area (Å²) in [6.45, 7) is 3.69. The van der Waals surface area contributed by atoms with Crippen molar-refractivity contribution in [3.63, 3.8) is 0 Å². The number of fused-ring (bicyclic) bond motifs is 1. The fourth-order valence-corrected chi connectivity index (χ4v) is 4.82. The second-order valence-corrected chi connectivity index (χ2v) is 9.30. The fourth-order valence-electron chi connectivity index (χ4n) is 3.90. The molecule has 0 spiro atoms. The van der Waals surface area contributed by atoms with Crippen molar-refractivity contribution >= 4 is 28.7 Å². The topological polar surface area (TPSA) is 99.3 Å². The number of nitrogens with zero attached hydrogens (tertiary/aromatic N) is 5. The Morgan fingerprint density at radius 2 is 1.88 bits per heavy atom. The fraction of sp³-hybridized carbons (Fsp3) is 0.435. The first kappa shape index (κ1) is 23.0. The lowest BCUT2D eigenvalue weighted by molar-refractivity contribution is -0.129. The molecule has 1 aromatic carbocycles. The number of aryl methyl sites for hydroxylation is 1. The number of ether oxygens (including phenoxy) is 1. The van der Waals surface area contributed by atoms with E-state index in [1.807, 2.05) is 23.1 Å². The molecule has 174 valence electrons. The van der Waals surface area contributed by atoms with E-state index in [1.165, 1.54) is 23.4 Å². The van der Waals surface area contributed by atoms with Gasteiger partial charge in [0.05, 0.1) is 12.9 Å². The molecule has 0 atom stereocenters. The minimum absolute atomic E-state index is 0.0169. The van der Waals surface area contributed by atoms with E-state index >= 15 is 0 Å². The van der Waals surface area contributed by atoms with Crippen LogP contribution in [0.3, 0.4) is 0 Å². The Morgan fingerprint density at radius 1 is 1.15 bits per heavy atom. The molecule has 10 heteroatoms. The normalized spacial score (nSPS) is 14.6. The number of hydrogen-bond donors (Lipinski definition) is 0. The minimum atomic E-state index is -0.480. The van der Waals surface area contributed by atoms with Crippen LogP contribution in [-0.2, 0) is 18.9 Å². The highest BCUT2D eigenvalue weighted by Crippen LogP contribution is 2.28. The minimum Gasteiger partial charge on any atom is -0.497 e. The number of benzene rings is 1. The van der Waals surface area contributed by atoms with Crippen LogP contribution in [0.1, 0.15) is 19.8 Å². The summed E-state index contributed by atoms with van der Waals surface area (Å²) in [5.41, 5.74) is -0.0375. The number of rotatable bonds is 5. The largest absolute Gasteiger partial charge is 0.497 e. The summed E-state index contributed by atoms with van der Waals surface area (Å²) in [7, 11) is 4.57. The van der Waals surface area contributed by atoms with Crippen molar-refractivity contribution in [2.45, 2.75) is 24.8 Å². The van der Waals surface area contributed by atoms with Gasteiger partial charge < -0.3 is 9.64 Å². The summed E-state index contributed by atoms with van der Waals surface area (Å²) in [4.78, 5) is 49.4. The maximum absolute atomic E-state index is 13.0. The van der Waals surface area contributed by atoms with Gasteiger partial charge in [0.15, 0.2) is 11.5 Å². The number of likely N-dealkylation sites (tertiary alicyclic amines) is 1. The van der Waals surface area contributed by atoms with E-state index in [-0.39, 0.29) is 22.7 Å². The van der Waals surface area contributed by atoms with Crippen molar-refractivity contribution < 1.29 is 9.53 Å². The quantitative estimate of drug-likeness (QED) is 0.417. The summed E-state index contributed by atoms with van der Waals surface area (Å²) in [5, 5.41) is 0.615. The second kappa shape index (κ2) is 9.38. The van der Waals surface area contributed by atoms with Crippen molar-refractivity contribution in [2.24, 2.45) is 20.0 Å². The van der Waals surface area contributed by atoms with Gasteiger partial charge in [-0.2, -0.15) is 0 Å². The van der Waals surface area contributed by atoms with Crippen LogP contribution in [0.15, 0.2) is 38.9 Å². The van der Waals surface area contributed by atoms with Crippen LogP contribution in [0.25, 0.3) is 22.4 Å². The van der Waals surface area contributed by atoms with Gasteiger partial charge >= 0.3 is 5.69 Å². The Balaban J connectivity index is 1.78. The molecule has 1 aliphatic heterocycles. The van der Waals surface area contributed by atoms with Crippen molar-refractivity contribution in [1.82, 2.24) is 24.0 Å². The third kappa shape index (κ3) is 4.52. The SMILES string of the molecule is COc1cccc(-c2nc(SCC(=O)N3CCC(C)CC3)c3c(=O)n(C)c(=O)n(C)c3n2)c1. The molecule has 1 fully saturated rings. The monoisotopic (exact) mass is 469 g/mol. The van der Waals surface area contributed by atoms with Crippen LogP contribution >= 0.6 is 11.8 Å². The van der Waals surface area contributed by atoms with Gasteiger partial charge in [0.2, 0.25) is 5.91 Å². The second-order valence-electron chi connectivity index (χ2n) is 8.34. The zero-order valence-electron chi connectivity index (χ0n) is 19.2. The van der Waals surface area contributed by atoms with E-state index in [4.69, 9.17) is 4.74 Å². The van der Waals surface area contributed by atoms with Crippen molar-refractivity contribution in [2.75, 3.05) is 26.0 Å². The molecule has 3 aromatic rings. The molecule has 33 heavy (non-hydrogen) atoms. The van der Waals surface area contributed by atoms with Crippen LogP contribution in [0, 0.1) is 5.92 Å². The number of carbonyl (C=O) groups is 1. The molecule has 0 saturated carbocycles. The lowest BCUT2D eigenvalue weighted by atomic mass is 9.99. The van der Waals surface area contributed by atoms with E-state index in [0.29, 0.717) is 28.1 Å². The van der Waals surface area contributed by atoms with Gasteiger partial charge in [0, 0.05) is 32.7 Å². The number of piperidine rings is 1. The number of methoxy groups -OCH3 is 1. The molecule has 1 amide bonds. The molecule has 4 rings (SSSR count). The third-order valence-electron chi connectivity index (χ3n) is 6.06. The molecule has 0 radical (unpaired) electrons. The Kier molecular flexibility index (Phi) is 6.55. The molecule has 3 heterocycles. The van der Waals surface area contributed by atoms with E-state index in [1.54, 1.807) is 20.2 Å². The number of thioether (sulfide) groups is 1. The average molecular weight is 470 g/mol. The highest BCUT2D eigenvalue weighted by atomic mass is 32.2. The van der Waals surface area contributed by atoms with E-state index in [2.05, 4.69) is 16.9 Å². The zero-order chi connectivity index (χ0) is 23.7. The standard InChI is InChI=1S/C23H27N5O4S/c1-14-8-10-28(11-9-14)17(29)13-33-21-18-20(26(2)23(31)27(3)22(18)30)24-19(25-21)15-6-5-7-16(12-15)32-4/h5-7,12,14H,8-11,13H2,1-4H3. The van der Waals surface area contributed by atoms with Crippen molar-refractivity contribution in [3.05, 3.63) is 45.1 Å². The zero-order valence-corrected chi connectivity index (χ0v) is 20.0. The molecular weight excluding hydrogens is 442 g/mol. The van der Waals surface area contributed by atoms with Crippen molar-refractivity contribution in [1.29, 1.82) is 0 Å². The molecule has 1 aliphatic rings. The summed E-state index contributed by atoms with van der Waals surface area (Å²) in [5.74, 6) is 1.79. The van der Waals surface area contributed by atoms with Gasteiger partial charge in [-0.3, -0.25) is 18.7 Å². The van der Waals surface area contributed by atoms with E-state index < -0.39 is 11.2 Å². The van der Waals surface area contributed by atoms with Gasteiger partial charge in [-0.05, 0) is 30.9 Å². The number of carbonyl (C=O) groups excluding carboxylic acids is 1. The Bertz CT molecular complexity index is 1320. The molecule has 0 bridgehead atoms. The summed E-state index contributed by atoms with van der Waals surface area (Å²) in [6, 6.07) is 7.24. The predicted molar refractivity (Wildman–Crippen MR) is 128 cm³/mol. The first-order valence-electron chi connectivity index (χ1n) is 10.8. The Hall–Kier alpha value is -3.14. The smallest absolute Gasteiger partial charge is 0.332 e. The van der Waals surface area contributed by atoms with Gasteiger partial charge in [0.1, 0.15) is 16.2 Å². The first-order valence-corrected chi connectivity index (χ1v) is 11.8. The van der Waals surface area contributed by atoms with E-state index in [0.717, 1.165) is 30.5 Å². The maximum atomic E-state index is 13.0. The maximum Gasteiger partial charge on any atom is 0.332 e. The molecular formula is C23H27N5O4S.